The maximum absolute atomic E-state index is 12.6. The maximum atomic E-state index is 12.6. The van der Waals surface area contributed by atoms with E-state index in [1.54, 1.807) is 13.8 Å². The predicted molar refractivity (Wildman–Crippen MR) is 101 cm³/mol. The van der Waals surface area contributed by atoms with Gasteiger partial charge >= 0.3 is 0 Å². The van der Waals surface area contributed by atoms with Crippen molar-refractivity contribution in [3.05, 3.63) is 65.2 Å². The topological polar surface area (TPSA) is 58.2 Å². The average Bonchev–Trinajstić information content (AvgIpc) is 2.58. The lowest BCUT2D eigenvalue weighted by Crippen LogP contribution is -2.45. The zero-order valence-electron chi connectivity index (χ0n) is 15.5. The molecule has 2 amide bonds. The molecule has 0 aromatic heterocycles. The lowest BCUT2D eigenvalue weighted by molar-refractivity contribution is -0.138. The number of rotatable bonds is 5. The third-order valence-corrected chi connectivity index (χ3v) is 4.55. The largest absolute Gasteiger partial charge is 0.349 e. The molecule has 0 spiro atoms. The predicted octanol–water partition coefficient (Wildman–Crippen LogP) is 4.15. The molecule has 4 nitrogen and oxygen atoms in total. The maximum Gasteiger partial charge on any atom is 0.239 e. The second-order valence-corrected chi connectivity index (χ2v) is 6.98. The summed E-state index contributed by atoms with van der Waals surface area (Å²) in [6.45, 7) is 9.19. The molecule has 1 atom stereocenters. The zero-order valence-corrected chi connectivity index (χ0v) is 15.5. The van der Waals surface area contributed by atoms with Gasteiger partial charge in [0.1, 0.15) is 5.41 Å². The number of anilines is 1. The number of hydrogen-bond donors (Lipinski definition) is 2. The van der Waals surface area contributed by atoms with E-state index in [9.17, 15) is 9.59 Å². The number of carbonyl (C=O) groups excluding carboxylic acids is 2. The SMILES string of the molecule is Cc1ccc(NC(=O)C(C)(C)C(=O)NC(C)c2ccccc2)cc1C. The average molecular weight is 338 g/mol. The van der Waals surface area contributed by atoms with Gasteiger partial charge in [-0.15, -0.1) is 0 Å². The summed E-state index contributed by atoms with van der Waals surface area (Å²) < 4.78 is 0. The molecule has 2 aromatic rings. The second kappa shape index (κ2) is 7.51. The molecule has 132 valence electrons. The minimum Gasteiger partial charge on any atom is -0.349 e. The number of carbonyl (C=O) groups is 2. The van der Waals surface area contributed by atoms with E-state index in [2.05, 4.69) is 10.6 Å². The fourth-order valence-electron chi connectivity index (χ4n) is 2.41. The van der Waals surface area contributed by atoms with Crippen LogP contribution in [-0.2, 0) is 9.59 Å². The van der Waals surface area contributed by atoms with E-state index < -0.39 is 5.41 Å². The van der Waals surface area contributed by atoms with E-state index in [0.717, 1.165) is 16.7 Å². The molecule has 0 aliphatic rings. The van der Waals surface area contributed by atoms with Gasteiger partial charge in [0, 0.05) is 5.69 Å². The minimum atomic E-state index is -1.18. The number of benzene rings is 2. The van der Waals surface area contributed by atoms with Gasteiger partial charge in [0.05, 0.1) is 6.04 Å². The van der Waals surface area contributed by atoms with Gasteiger partial charge in [-0.05, 0) is 63.4 Å². The molecule has 0 radical (unpaired) electrons. The highest BCUT2D eigenvalue weighted by molar-refractivity contribution is 6.09. The van der Waals surface area contributed by atoms with Gasteiger partial charge in [-0.2, -0.15) is 0 Å². The van der Waals surface area contributed by atoms with Crippen molar-refractivity contribution >= 4 is 17.5 Å². The lowest BCUT2D eigenvalue weighted by atomic mass is 9.90. The molecule has 2 N–H and O–H groups in total. The van der Waals surface area contributed by atoms with Crippen molar-refractivity contribution in [3.63, 3.8) is 0 Å². The molecule has 25 heavy (non-hydrogen) atoms. The summed E-state index contributed by atoms with van der Waals surface area (Å²) in [5.74, 6) is -0.626. The molecular formula is C21H26N2O2. The summed E-state index contributed by atoms with van der Waals surface area (Å²) in [7, 11) is 0. The Labute approximate surface area is 149 Å². The van der Waals surface area contributed by atoms with Crippen LogP contribution in [0.3, 0.4) is 0 Å². The third kappa shape index (κ3) is 4.47. The van der Waals surface area contributed by atoms with Gasteiger partial charge in [-0.1, -0.05) is 36.4 Å². The minimum absolute atomic E-state index is 0.164. The van der Waals surface area contributed by atoms with Crippen molar-refractivity contribution in [2.45, 2.75) is 40.7 Å². The van der Waals surface area contributed by atoms with Crippen molar-refractivity contribution in [2.75, 3.05) is 5.32 Å². The highest BCUT2D eigenvalue weighted by Crippen LogP contribution is 2.22. The van der Waals surface area contributed by atoms with Crippen LogP contribution in [0.5, 0.6) is 0 Å². The molecule has 2 rings (SSSR count). The Hall–Kier alpha value is -2.62. The third-order valence-electron chi connectivity index (χ3n) is 4.55. The van der Waals surface area contributed by atoms with Gasteiger partial charge in [-0.25, -0.2) is 0 Å². The number of aryl methyl sites for hydroxylation is 2. The lowest BCUT2D eigenvalue weighted by Gasteiger charge is -2.25. The van der Waals surface area contributed by atoms with Gasteiger partial charge < -0.3 is 10.6 Å². The molecular weight excluding hydrogens is 312 g/mol. The number of amides is 2. The smallest absolute Gasteiger partial charge is 0.239 e. The fraction of sp³-hybridized carbons (Fsp3) is 0.333. The van der Waals surface area contributed by atoms with Crippen LogP contribution >= 0.6 is 0 Å². The first-order valence-corrected chi connectivity index (χ1v) is 8.46. The Morgan fingerprint density at radius 1 is 0.920 bits per heavy atom. The van der Waals surface area contributed by atoms with Crippen LogP contribution in [0.15, 0.2) is 48.5 Å². The van der Waals surface area contributed by atoms with Crippen LogP contribution in [0.25, 0.3) is 0 Å². The quantitative estimate of drug-likeness (QED) is 0.805. The van der Waals surface area contributed by atoms with Crippen LogP contribution in [0.4, 0.5) is 5.69 Å². The molecule has 0 saturated heterocycles. The highest BCUT2D eigenvalue weighted by atomic mass is 16.2. The van der Waals surface area contributed by atoms with E-state index in [4.69, 9.17) is 0 Å². The van der Waals surface area contributed by atoms with Crippen molar-refractivity contribution in [3.8, 4) is 0 Å². The molecule has 0 aliphatic carbocycles. The van der Waals surface area contributed by atoms with Gasteiger partial charge in [-0.3, -0.25) is 9.59 Å². The zero-order chi connectivity index (χ0) is 18.6. The standard InChI is InChI=1S/C21H26N2O2/c1-14-11-12-18(13-15(14)2)23-20(25)21(4,5)19(24)22-16(3)17-9-7-6-8-10-17/h6-13,16H,1-5H3,(H,22,24)(H,23,25). The molecule has 0 saturated carbocycles. The van der Waals surface area contributed by atoms with Crippen LogP contribution in [0, 0.1) is 19.3 Å². The number of hydrogen-bond acceptors (Lipinski definition) is 2. The first-order chi connectivity index (χ1) is 11.7. The first kappa shape index (κ1) is 18.7. The molecule has 4 heteroatoms. The number of nitrogens with one attached hydrogen (secondary N) is 2. The summed E-state index contributed by atoms with van der Waals surface area (Å²) in [6, 6.07) is 15.2. The van der Waals surface area contributed by atoms with Crippen molar-refractivity contribution in [1.29, 1.82) is 0 Å². The van der Waals surface area contributed by atoms with E-state index in [0.29, 0.717) is 5.69 Å². The second-order valence-electron chi connectivity index (χ2n) is 6.98. The molecule has 0 heterocycles. The monoisotopic (exact) mass is 338 g/mol. The van der Waals surface area contributed by atoms with Crippen LogP contribution in [0.2, 0.25) is 0 Å². The van der Waals surface area contributed by atoms with Crippen LogP contribution in [-0.4, -0.2) is 11.8 Å². The van der Waals surface area contributed by atoms with Crippen LogP contribution < -0.4 is 10.6 Å². The van der Waals surface area contributed by atoms with E-state index >= 15 is 0 Å². The molecule has 0 aliphatic heterocycles. The van der Waals surface area contributed by atoms with Gasteiger partial charge in [0.15, 0.2) is 0 Å². The summed E-state index contributed by atoms with van der Waals surface area (Å²) in [5.41, 5.74) is 2.78. The normalized spacial score (nSPS) is 12.4. The fourth-order valence-corrected chi connectivity index (χ4v) is 2.41. The molecule has 0 bridgehead atoms. The van der Waals surface area contributed by atoms with E-state index in [1.165, 1.54) is 0 Å². The van der Waals surface area contributed by atoms with Crippen LogP contribution in [0.1, 0.15) is 43.5 Å². The summed E-state index contributed by atoms with van der Waals surface area (Å²) in [6.07, 6.45) is 0. The Balaban J connectivity index is 2.06. The summed E-state index contributed by atoms with van der Waals surface area (Å²) in [5, 5.41) is 5.77. The molecule has 2 aromatic carbocycles. The molecule has 1 unspecified atom stereocenters. The Kier molecular flexibility index (Phi) is 5.62. The van der Waals surface area contributed by atoms with Gasteiger partial charge in [0.2, 0.25) is 11.8 Å². The molecule has 0 fully saturated rings. The first-order valence-electron chi connectivity index (χ1n) is 8.46. The Morgan fingerprint density at radius 3 is 2.16 bits per heavy atom. The van der Waals surface area contributed by atoms with Gasteiger partial charge in [0.25, 0.3) is 0 Å². The van der Waals surface area contributed by atoms with Crippen molar-refractivity contribution < 1.29 is 9.59 Å². The summed E-state index contributed by atoms with van der Waals surface area (Å²) in [4.78, 5) is 25.2. The van der Waals surface area contributed by atoms with Crippen molar-refractivity contribution in [1.82, 2.24) is 5.32 Å². The Morgan fingerprint density at radius 2 is 1.56 bits per heavy atom. The van der Waals surface area contributed by atoms with E-state index in [-0.39, 0.29) is 17.9 Å². The highest BCUT2D eigenvalue weighted by Gasteiger charge is 2.36. The summed E-state index contributed by atoms with van der Waals surface area (Å²) >= 11 is 0. The van der Waals surface area contributed by atoms with Crippen molar-refractivity contribution in [2.24, 2.45) is 5.41 Å². The van der Waals surface area contributed by atoms with E-state index in [1.807, 2.05) is 69.3 Å². The Bertz CT molecular complexity index is 767.